The molecule has 7 nitrogen and oxygen atoms in total. The van der Waals surface area contributed by atoms with E-state index in [0.717, 1.165) is 12.1 Å². The Labute approximate surface area is 153 Å². The average Bonchev–Trinajstić information content (AvgIpc) is 2.67. The second-order valence-electron chi connectivity index (χ2n) is 6.66. The minimum atomic E-state index is -4.64. The van der Waals surface area contributed by atoms with E-state index in [1.807, 2.05) is 0 Å². The third kappa shape index (κ3) is 4.32. The molecule has 148 valence electrons. The van der Waals surface area contributed by atoms with Crippen LogP contribution in [-0.4, -0.2) is 55.1 Å². The largest absolute Gasteiger partial charge is 0.416 e. The molecule has 0 aliphatic carbocycles. The van der Waals surface area contributed by atoms with Gasteiger partial charge in [0.15, 0.2) is 0 Å². The summed E-state index contributed by atoms with van der Waals surface area (Å²) in [6.45, 7) is 2.56. The van der Waals surface area contributed by atoms with Crippen LogP contribution in [0.2, 0.25) is 0 Å². The molecule has 1 aromatic rings. The molecule has 2 heterocycles. The first-order valence-electron chi connectivity index (χ1n) is 8.74. The Morgan fingerprint density at radius 1 is 1.15 bits per heavy atom. The Balaban J connectivity index is 1.70. The number of amides is 1. The summed E-state index contributed by atoms with van der Waals surface area (Å²) in [5.74, 6) is -0.00873. The molecule has 2 fully saturated rings. The second-order valence-corrected chi connectivity index (χ2v) is 6.66. The van der Waals surface area contributed by atoms with Gasteiger partial charge in [-0.3, -0.25) is 14.9 Å². The summed E-state index contributed by atoms with van der Waals surface area (Å²) in [5.41, 5.74) is -1.48. The summed E-state index contributed by atoms with van der Waals surface area (Å²) in [7, 11) is 0. The van der Waals surface area contributed by atoms with Crippen LogP contribution in [-0.2, 0) is 15.7 Å². The lowest BCUT2D eigenvalue weighted by Gasteiger charge is -2.38. The van der Waals surface area contributed by atoms with E-state index in [2.05, 4.69) is 0 Å². The second kappa shape index (κ2) is 7.71. The van der Waals surface area contributed by atoms with Gasteiger partial charge in [0.2, 0.25) is 5.91 Å². The van der Waals surface area contributed by atoms with Gasteiger partial charge in [-0.1, -0.05) is 0 Å². The number of nitrogens with zero attached hydrogens (tertiary/aromatic N) is 3. The number of carbonyl (C=O) groups excluding carboxylic acids is 1. The van der Waals surface area contributed by atoms with E-state index < -0.39 is 22.4 Å². The predicted octanol–water partition coefficient (Wildman–Crippen LogP) is 2.69. The van der Waals surface area contributed by atoms with Gasteiger partial charge in [0.05, 0.1) is 10.5 Å². The molecule has 0 unspecified atom stereocenters. The van der Waals surface area contributed by atoms with Crippen LogP contribution in [0, 0.1) is 16.0 Å². The third-order valence-corrected chi connectivity index (χ3v) is 5.00. The Bertz CT molecular complexity index is 712. The number of benzene rings is 1. The van der Waals surface area contributed by atoms with Gasteiger partial charge >= 0.3 is 6.18 Å². The summed E-state index contributed by atoms with van der Waals surface area (Å²) in [4.78, 5) is 26.4. The first kappa shape index (κ1) is 19.4. The van der Waals surface area contributed by atoms with E-state index in [9.17, 15) is 28.1 Å². The van der Waals surface area contributed by atoms with E-state index in [1.54, 1.807) is 9.80 Å². The minimum Gasteiger partial charge on any atom is -0.381 e. The van der Waals surface area contributed by atoms with Gasteiger partial charge in [-0.05, 0) is 25.0 Å². The number of hydrogen-bond acceptors (Lipinski definition) is 5. The lowest BCUT2D eigenvalue weighted by atomic mass is 9.98. The first-order chi connectivity index (χ1) is 12.8. The molecule has 0 bridgehead atoms. The smallest absolute Gasteiger partial charge is 0.381 e. The van der Waals surface area contributed by atoms with Crippen LogP contribution in [0.15, 0.2) is 18.2 Å². The van der Waals surface area contributed by atoms with Gasteiger partial charge in [-0.25, -0.2) is 0 Å². The van der Waals surface area contributed by atoms with Gasteiger partial charge in [0.25, 0.3) is 5.69 Å². The summed E-state index contributed by atoms with van der Waals surface area (Å²) in [6, 6.07) is 2.55. The van der Waals surface area contributed by atoms with Gasteiger partial charge in [0, 0.05) is 51.4 Å². The lowest BCUT2D eigenvalue weighted by molar-refractivity contribution is -0.384. The molecule has 0 spiro atoms. The fourth-order valence-electron chi connectivity index (χ4n) is 3.48. The van der Waals surface area contributed by atoms with E-state index in [0.29, 0.717) is 58.3 Å². The zero-order valence-electron chi connectivity index (χ0n) is 14.6. The maximum atomic E-state index is 12.8. The fourth-order valence-corrected chi connectivity index (χ4v) is 3.48. The van der Waals surface area contributed by atoms with Crippen molar-refractivity contribution in [2.45, 2.75) is 19.0 Å². The Hall–Kier alpha value is -2.36. The molecule has 2 saturated heterocycles. The highest BCUT2D eigenvalue weighted by Crippen LogP contribution is 2.36. The molecule has 1 amide bonds. The van der Waals surface area contributed by atoms with E-state index in [-0.39, 0.29) is 17.5 Å². The van der Waals surface area contributed by atoms with Crippen molar-refractivity contribution < 1.29 is 27.6 Å². The highest BCUT2D eigenvalue weighted by atomic mass is 19.4. The zero-order valence-corrected chi connectivity index (χ0v) is 14.6. The van der Waals surface area contributed by atoms with Crippen LogP contribution in [0.5, 0.6) is 0 Å². The molecular formula is C17H20F3N3O4. The Kier molecular flexibility index (Phi) is 5.54. The number of piperazine rings is 1. The Morgan fingerprint density at radius 3 is 2.33 bits per heavy atom. The quantitative estimate of drug-likeness (QED) is 0.589. The van der Waals surface area contributed by atoms with Crippen LogP contribution >= 0.6 is 0 Å². The van der Waals surface area contributed by atoms with Crippen LogP contribution in [0.3, 0.4) is 0 Å². The number of carbonyl (C=O) groups is 1. The number of rotatable bonds is 3. The molecule has 2 aliphatic heterocycles. The number of nitro benzene ring substituents is 1. The molecule has 27 heavy (non-hydrogen) atoms. The maximum absolute atomic E-state index is 12.8. The number of ether oxygens (including phenoxy) is 1. The summed E-state index contributed by atoms with van der Waals surface area (Å²) in [6.07, 6.45) is -3.27. The minimum absolute atomic E-state index is 0.0554. The number of hydrogen-bond donors (Lipinski definition) is 0. The van der Waals surface area contributed by atoms with Crippen molar-refractivity contribution in [2.24, 2.45) is 5.92 Å². The van der Waals surface area contributed by atoms with E-state index >= 15 is 0 Å². The normalized spacial score (nSPS) is 19.2. The van der Waals surface area contributed by atoms with Crippen molar-refractivity contribution in [1.82, 2.24) is 4.90 Å². The van der Waals surface area contributed by atoms with Crippen molar-refractivity contribution in [3.63, 3.8) is 0 Å². The molecule has 0 aromatic heterocycles. The highest BCUT2D eigenvalue weighted by molar-refractivity contribution is 5.79. The molecule has 3 rings (SSSR count). The van der Waals surface area contributed by atoms with E-state index in [1.165, 1.54) is 0 Å². The maximum Gasteiger partial charge on any atom is 0.416 e. The van der Waals surface area contributed by atoms with Crippen molar-refractivity contribution >= 4 is 17.3 Å². The molecule has 0 radical (unpaired) electrons. The standard InChI is InChI=1S/C17H20F3N3O4/c18-17(19,20)13-1-2-14(15(11-13)23(25)26)21-5-7-22(8-6-21)16(24)12-3-9-27-10-4-12/h1-2,11-12H,3-10H2. The molecule has 0 saturated carbocycles. The van der Waals surface area contributed by atoms with Crippen molar-refractivity contribution in [3.05, 3.63) is 33.9 Å². The molecular weight excluding hydrogens is 367 g/mol. The molecule has 0 N–H and O–H groups in total. The van der Waals surface area contributed by atoms with Gasteiger partial charge < -0.3 is 14.5 Å². The lowest BCUT2D eigenvalue weighted by Crippen LogP contribution is -2.51. The first-order valence-corrected chi connectivity index (χ1v) is 8.74. The van der Waals surface area contributed by atoms with Crippen molar-refractivity contribution in [3.8, 4) is 0 Å². The summed E-state index contributed by atoms with van der Waals surface area (Å²) < 4.78 is 43.8. The predicted molar refractivity (Wildman–Crippen MR) is 90.4 cm³/mol. The molecule has 0 atom stereocenters. The number of alkyl halides is 3. The molecule has 2 aliphatic rings. The number of nitro groups is 1. The monoisotopic (exact) mass is 387 g/mol. The average molecular weight is 387 g/mol. The summed E-state index contributed by atoms with van der Waals surface area (Å²) in [5, 5.41) is 11.3. The third-order valence-electron chi connectivity index (χ3n) is 5.00. The number of halogens is 3. The molecule has 1 aromatic carbocycles. The van der Waals surface area contributed by atoms with Crippen LogP contribution < -0.4 is 4.90 Å². The van der Waals surface area contributed by atoms with Gasteiger partial charge in [-0.15, -0.1) is 0 Å². The SMILES string of the molecule is O=C(C1CCOCC1)N1CCN(c2ccc(C(F)(F)F)cc2[N+](=O)[O-])CC1. The fraction of sp³-hybridized carbons (Fsp3) is 0.588. The Morgan fingerprint density at radius 2 is 1.78 bits per heavy atom. The number of anilines is 1. The topological polar surface area (TPSA) is 75.9 Å². The van der Waals surface area contributed by atoms with Crippen LogP contribution in [0.1, 0.15) is 18.4 Å². The van der Waals surface area contributed by atoms with Gasteiger partial charge in [0.1, 0.15) is 5.69 Å². The zero-order chi connectivity index (χ0) is 19.6. The van der Waals surface area contributed by atoms with Crippen molar-refractivity contribution in [2.75, 3.05) is 44.3 Å². The van der Waals surface area contributed by atoms with Crippen molar-refractivity contribution in [1.29, 1.82) is 0 Å². The van der Waals surface area contributed by atoms with Gasteiger partial charge in [-0.2, -0.15) is 13.2 Å². The van der Waals surface area contributed by atoms with E-state index in [4.69, 9.17) is 4.74 Å². The summed E-state index contributed by atoms with van der Waals surface area (Å²) >= 11 is 0. The molecule has 10 heteroatoms. The van der Waals surface area contributed by atoms with Crippen LogP contribution in [0.25, 0.3) is 0 Å². The van der Waals surface area contributed by atoms with Crippen LogP contribution in [0.4, 0.5) is 24.5 Å². The highest BCUT2D eigenvalue weighted by Gasteiger charge is 2.35.